The van der Waals surface area contributed by atoms with Gasteiger partial charge in [-0.25, -0.2) is 0 Å². The molecule has 8 heteroatoms. The van der Waals surface area contributed by atoms with Crippen LogP contribution in [0.2, 0.25) is 5.02 Å². The summed E-state index contributed by atoms with van der Waals surface area (Å²) in [7, 11) is 3.13. The van der Waals surface area contributed by atoms with Crippen molar-refractivity contribution in [3.05, 3.63) is 57.5 Å². The summed E-state index contributed by atoms with van der Waals surface area (Å²) in [5.74, 6) is 0.533. The lowest BCUT2D eigenvalue weighted by Crippen LogP contribution is -2.49. The minimum Gasteiger partial charge on any atom is -0.497 e. The Morgan fingerprint density at radius 3 is 2.62 bits per heavy atom. The molecule has 2 rings (SSSR count). The van der Waals surface area contributed by atoms with Gasteiger partial charge in [0.15, 0.2) is 6.61 Å². The molecule has 29 heavy (non-hydrogen) atoms. The first kappa shape index (κ1) is 23.0. The van der Waals surface area contributed by atoms with Gasteiger partial charge in [0, 0.05) is 18.1 Å². The average molecular weight is 484 g/mol. The quantitative estimate of drug-likeness (QED) is 0.584. The van der Waals surface area contributed by atoms with Gasteiger partial charge in [0.05, 0.1) is 12.1 Å². The smallest absolute Gasteiger partial charge is 0.261 e. The molecule has 0 heterocycles. The number of rotatable bonds is 9. The normalized spacial score (nSPS) is 11.5. The third-order valence-corrected chi connectivity index (χ3v) is 5.15. The van der Waals surface area contributed by atoms with E-state index in [2.05, 4.69) is 21.2 Å². The summed E-state index contributed by atoms with van der Waals surface area (Å²) in [6.45, 7) is 1.87. The summed E-state index contributed by atoms with van der Waals surface area (Å²) in [4.78, 5) is 26.9. The van der Waals surface area contributed by atoms with E-state index >= 15 is 0 Å². The Balaban J connectivity index is 2.22. The summed E-state index contributed by atoms with van der Waals surface area (Å²) < 4.78 is 11.7. The molecular weight excluding hydrogens is 460 g/mol. The molecule has 0 unspecified atom stereocenters. The number of carbonyl (C=O) groups is 2. The molecule has 0 bridgehead atoms. The van der Waals surface area contributed by atoms with E-state index in [4.69, 9.17) is 21.1 Å². The number of nitrogens with zero attached hydrogens (tertiary/aromatic N) is 1. The predicted octanol–water partition coefficient (Wildman–Crippen LogP) is 4.04. The van der Waals surface area contributed by atoms with Crippen molar-refractivity contribution in [2.45, 2.75) is 25.9 Å². The first-order chi connectivity index (χ1) is 13.9. The number of methoxy groups -OCH3 is 1. The van der Waals surface area contributed by atoms with E-state index in [0.29, 0.717) is 22.9 Å². The van der Waals surface area contributed by atoms with Gasteiger partial charge in [-0.15, -0.1) is 0 Å². The zero-order chi connectivity index (χ0) is 21.4. The zero-order valence-electron chi connectivity index (χ0n) is 16.6. The Kier molecular flexibility index (Phi) is 8.79. The van der Waals surface area contributed by atoms with Crippen molar-refractivity contribution in [3.8, 4) is 11.5 Å². The number of nitrogens with one attached hydrogen (secondary N) is 1. The number of benzene rings is 2. The van der Waals surface area contributed by atoms with E-state index in [1.54, 1.807) is 32.4 Å². The first-order valence-electron chi connectivity index (χ1n) is 9.11. The summed E-state index contributed by atoms with van der Waals surface area (Å²) >= 11 is 9.49. The van der Waals surface area contributed by atoms with E-state index < -0.39 is 6.04 Å². The van der Waals surface area contributed by atoms with Crippen LogP contribution in [0.15, 0.2) is 46.9 Å². The van der Waals surface area contributed by atoms with Gasteiger partial charge in [0.1, 0.15) is 17.5 Å². The van der Waals surface area contributed by atoms with Gasteiger partial charge in [0.2, 0.25) is 5.91 Å². The molecule has 1 N–H and O–H groups in total. The second-order valence-electron chi connectivity index (χ2n) is 6.27. The maximum absolute atomic E-state index is 13.0. The molecule has 0 fully saturated rings. The molecule has 2 aromatic carbocycles. The van der Waals surface area contributed by atoms with Crippen molar-refractivity contribution in [2.75, 3.05) is 20.8 Å². The van der Waals surface area contributed by atoms with Gasteiger partial charge in [-0.1, -0.05) is 46.6 Å². The van der Waals surface area contributed by atoms with Crippen LogP contribution in [0.25, 0.3) is 0 Å². The van der Waals surface area contributed by atoms with Gasteiger partial charge in [0.25, 0.3) is 5.91 Å². The van der Waals surface area contributed by atoms with Crippen LogP contribution in [0.3, 0.4) is 0 Å². The molecule has 2 amide bonds. The third-order valence-electron chi connectivity index (χ3n) is 4.36. The molecule has 1 atom stereocenters. The first-order valence-corrected chi connectivity index (χ1v) is 10.3. The van der Waals surface area contributed by atoms with Crippen LogP contribution in [0.1, 0.15) is 18.9 Å². The van der Waals surface area contributed by atoms with Crippen molar-refractivity contribution in [1.29, 1.82) is 0 Å². The number of ether oxygens (including phenoxy) is 2. The average Bonchev–Trinajstić information content (AvgIpc) is 2.72. The predicted molar refractivity (Wildman–Crippen MR) is 116 cm³/mol. The highest BCUT2D eigenvalue weighted by Crippen LogP contribution is 2.28. The Morgan fingerprint density at radius 2 is 2.00 bits per heavy atom. The fourth-order valence-corrected chi connectivity index (χ4v) is 3.60. The van der Waals surface area contributed by atoms with Crippen LogP contribution in [0.4, 0.5) is 0 Å². The Labute approximate surface area is 184 Å². The van der Waals surface area contributed by atoms with E-state index in [-0.39, 0.29) is 25.0 Å². The fourth-order valence-electron chi connectivity index (χ4n) is 2.87. The molecule has 156 valence electrons. The van der Waals surface area contributed by atoms with Gasteiger partial charge in [-0.3, -0.25) is 9.59 Å². The molecule has 0 aromatic heterocycles. The SMILES string of the molecule is CC[C@@H](C(=O)NC)N(Cc1cccc(OC)c1)C(=O)COc1ccc(Br)cc1Cl. The summed E-state index contributed by atoms with van der Waals surface area (Å²) in [5.41, 5.74) is 0.849. The minimum atomic E-state index is -0.623. The van der Waals surface area contributed by atoms with Crippen molar-refractivity contribution < 1.29 is 19.1 Å². The van der Waals surface area contributed by atoms with Crippen LogP contribution < -0.4 is 14.8 Å². The molecule has 0 radical (unpaired) electrons. The number of hydrogen-bond acceptors (Lipinski definition) is 4. The molecule has 0 saturated heterocycles. The molecule has 0 aliphatic heterocycles. The van der Waals surface area contributed by atoms with Gasteiger partial charge in [-0.2, -0.15) is 0 Å². The van der Waals surface area contributed by atoms with Gasteiger partial charge < -0.3 is 19.7 Å². The molecule has 0 spiro atoms. The second-order valence-corrected chi connectivity index (χ2v) is 7.60. The number of likely N-dealkylation sites (N-methyl/N-ethyl adjacent to an activating group) is 1. The maximum atomic E-state index is 13.0. The Bertz CT molecular complexity index is 862. The summed E-state index contributed by atoms with van der Waals surface area (Å²) in [6.07, 6.45) is 0.467. The molecular formula is C21H24BrClN2O4. The van der Waals surface area contributed by atoms with Gasteiger partial charge in [-0.05, 0) is 42.3 Å². The largest absolute Gasteiger partial charge is 0.497 e. The summed E-state index contributed by atoms with van der Waals surface area (Å²) in [6, 6.07) is 11.9. The molecule has 0 aliphatic carbocycles. The number of carbonyl (C=O) groups excluding carboxylic acids is 2. The Hall–Kier alpha value is -2.25. The number of hydrogen-bond donors (Lipinski definition) is 1. The zero-order valence-corrected chi connectivity index (χ0v) is 18.9. The highest BCUT2D eigenvalue weighted by molar-refractivity contribution is 9.10. The molecule has 0 saturated carbocycles. The van der Waals surface area contributed by atoms with Crippen LogP contribution in [0.5, 0.6) is 11.5 Å². The maximum Gasteiger partial charge on any atom is 0.261 e. The highest BCUT2D eigenvalue weighted by Gasteiger charge is 2.28. The number of halogens is 2. The van der Waals surface area contributed by atoms with Crippen molar-refractivity contribution in [1.82, 2.24) is 10.2 Å². The van der Waals surface area contributed by atoms with Crippen LogP contribution >= 0.6 is 27.5 Å². The Morgan fingerprint density at radius 1 is 1.24 bits per heavy atom. The van der Waals surface area contributed by atoms with Crippen molar-refractivity contribution in [3.63, 3.8) is 0 Å². The van der Waals surface area contributed by atoms with E-state index in [1.807, 2.05) is 31.2 Å². The highest BCUT2D eigenvalue weighted by atomic mass is 79.9. The lowest BCUT2D eigenvalue weighted by atomic mass is 10.1. The minimum absolute atomic E-state index is 0.231. The van der Waals surface area contributed by atoms with Crippen molar-refractivity contribution in [2.24, 2.45) is 0 Å². The van der Waals surface area contributed by atoms with Crippen LogP contribution in [-0.4, -0.2) is 43.5 Å². The lowest BCUT2D eigenvalue weighted by molar-refractivity contribution is -0.142. The topological polar surface area (TPSA) is 67.9 Å². The standard InChI is InChI=1S/C21H24BrClN2O4/c1-4-18(21(27)24-2)25(12-14-6-5-7-16(10-14)28-3)20(26)13-29-19-9-8-15(22)11-17(19)23/h5-11,18H,4,12-13H2,1-3H3,(H,24,27)/t18-/m0/s1. The molecule has 0 aliphatic rings. The molecule has 6 nitrogen and oxygen atoms in total. The van der Waals surface area contributed by atoms with E-state index in [0.717, 1.165) is 10.0 Å². The summed E-state index contributed by atoms with van der Waals surface area (Å²) in [5, 5.41) is 3.02. The van der Waals surface area contributed by atoms with Crippen molar-refractivity contribution >= 4 is 39.3 Å². The fraction of sp³-hybridized carbons (Fsp3) is 0.333. The second kappa shape index (κ2) is 11.1. The number of amides is 2. The van der Waals surface area contributed by atoms with Gasteiger partial charge >= 0.3 is 0 Å². The third kappa shape index (κ3) is 6.37. The van der Waals surface area contributed by atoms with E-state index in [1.165, 1.54) is 4.90 Å². The lowest BCUT2D eigenvalue weighted by Gasteiger charge is -2.30. The van der Waals surface area contributed by atoms with Crippen LogP contribution in [0, 0.1) is 0 Å². The molecule has 2 aromatic rings. The monoisotopic (exact) mass is 482 g/mol. The van der Waals surface area contributed by atoms with Crippen LogP contribution in [-0.2, 0) is 16.1 Å². The van der Waals surface area contributed by atoms with E-state index in [9.17, 15) is 9.59 Å².